The number of alkyl halides is 1. The number of halogens is 3. The van der Waals surface area contributed by atoms with E-state index in [1.807, 2.05) is 18.2 Å². The summed E-state index contributed by atoms with van der Waals surface area (Å²) in [7, 11) is 1.62. The van der Waals surface area contributed by atoms with E-state index in [-0.39, 0.29) is 0 Å². The fourth-order valence-electron chi connectivity index (χ4n) is 1.68. The SMILES string of the molecule is COc1ccc(Nc2c(Cl)cccc2Cl)c(CCl)c1. The Balaban J connectivity index is 2.38. The summed E-state index contributed by atoms with van der Waals surface area (Å²) in [5.41, 5.74) is 2.44. The fourth-order valence-corrected chi connectivity index (χ4v) is 2.39. The highest BCUT2D eigenvalue weighted by Gasteiger charge is 2.09. The van der Waals surface area contributed by atoms with Gasteiger partial charge in [-0.1, -0.05) is 29.3 Å². The largest absolute Gasteiger partial charge is 0.497 e. The molecule has 0 aliphatic rings. The van der Waals surface area contributed by atoms with Gasteiger partial charge in [0, 0.05) is 11.6 Å². The molecule has 0 aliphatic heterocycles. The van der Waals surface area contributed by atoms with E-state index in [1.165, 1.54) is 0 Å². The normalized spacial score (nSPS) is 10.3. The van der Waals surface area contributed by atoms with Crippen molar-refractivity contribution in [3.63, 3.8) is 0 Å². The lowest BCUT2D eigenvalue weighted by Gasteiger charge is -2.14. The standard InChI is InChI=1S/C14H12Cl3NO/c1-19-10-5-6-13(9(7-10)8-15)18-14-11(16)3-2-4-12(14)17/h2-7,18H,8H2,1H3. The molecular formula is C14H12Cl3NO. The summed E-state index contributed by atoms with van der Waals surface area (Å²) in [5, 5.41) is 4.33. The smallest absolute Gasteiger partial charge is 0.119 e. The van der Waals surface area contributed by atoms with Crippen LogP contribution < -0.4 is 10.1 Å². The maximum atomic E-state index is 6.13. The first-order valence-electron chi connectivity index (χ1n) is 5.59. The van der Waals surface area contributed by atoms with Crippen LogP contribution in [0.25, 0.3) is 0 Å². The molecule has 0 spiro atoms. The van der Waals surface area contributed by atoms with Crippen molar-refractivity contribution in [2.45, 2.75) is 5.88 Å². The van der Waals surface area contributed by atoms with Crippen LogP contribution in [-0.4, -0.2) is 7.11 Å². The molecule has 0 aromatic heterocycles. The third kappa shape index (κ3) is 3.27. The number of anilines is 2. The van der Waals surface area contributed by atoms with Gasteiger partial charge in [-0.2, -0.15) is 0 Å². The van der Waals surface area contributed by atoms with Crippen LogP contribution in [0.15, 0.2) is 36.4 Å². The predicted octanol–water partition coefficient (Wildman–Crippen LogP) is 5.48. The Morgan fingerprint density at radius 1 is 1.11 bits per heavy atom. The van der Waals surface area contributed by atoms with Gasteiger partial charge in [-0.25, -0.2) is 0 Å². The minimum absolute atomic E-state index is 0.363. The Morgan fingerprint density at radius 3 is 2.37 bits per heavy atom. The molecule has 2 rings (SSSR count). The molecule has 0 bridgehead atoms. The topological polar surface area (TPSA) is 21.3 Å². The predicted molar refractivity (Wildman–Crippen MR) is 82.3 cm³/mol. The fraction of sp³-hybridized carbons (Fsp3) is 0.143. The first-order valence-corrected chi connectivity index (χ1v) is 6.88. The van der Waals surface area contributed by atoms with Crippen LogP contribution in [0.5, 0.6) is 5.75 Å². The van der Waals surface area contributed by atoms with E-state index in [2.05, 4.69) is 5.32 Å². The van der Waals surface area contributed by atoms with E-state index in [4.69, 9.17) is 39.5 Å². The molecule has 0 unspecified atom stereocenters. The van der Waals surface area contributed by atoms with Gasteiger partial charge in [0.1, 0.15) is 5.75 Å². The molecule has 19 heavy (non-hydrogen) atoms. The zero-order valence-corrected chi connectivity index (χ0v) is 12.5. The summed E-state index contributed by atoms with van der Waals surface area (Å²) in [5.74, 6) is 1.12. The van der Waals surface area contributed by atoms with Crippen LogP contribution in [0.1, 0.15) is 5.56 Å². The van der Waals surface area contributed by atoms with Crippen LogP contribution in [0.3, 0.4) is 0 Å². The summed E-state index contributed by atoms with van der Waals surface area (Å²) in [6.45, 7) is 0. The third-order valence-electron chi connectivity index (χ3n) is 2.68. The van der Waals surface area contributed by atoms with E-state index in [1.54, 1.807) is 25.3 Å². The Kier molecular flexibility index (Phi) is 4.81. The van der Waals surface area contributed by atoms with Gasteiger partial charge in [-0.15, -0.1) is 11.6 Å². The van der Waals surface area contributed by atoms with Crippen molar-refractivity contribution in [2.24, 2.45) is 0 Å². The van der Waals surface area contributed by atoms with Gasteiger partial charge >= 0.3 is 0 Å². The van der Waals surface area contributed by atoms with Gasteiger partial charge in [0.2, 0.25) is 0 Å². The molecule has 2 aromatic carbocycles. The summed E-state index contributed by atoms with van der Waals surface area (Å²) >= 11 is 18.2. The lowest BCUT2D eigenvalue weighted by atomic mass is 10.1. The lowest BCUT2D eigenvalue weighted by molar-refractivity contribution is 0.414. The molecule has 0 saturated heterocycles. The van der Waals surface area contributed by atoms with E-state index in [0.717, 1.165) is 17.0 Å². The van der Waals surface area contributed by atoms with Crippen LogP contribution in [-0.2, 0) is 5.88 Å². The van der Waals surface area contributed by atoms with Crippen molar-refractivity contribution in [2.75, 3.05) is 12.4 Å². The number of ether oxygens (including phenoxy) is 1. The van der Waals surface area contributed by atoms with Gasteiger partial charge in [0.25, 0.3) is 0 Å². The van der Waals surface area contributed by atoms with Crippen molar-refractivity contribution in [1.82, 2.24) is 0 Å². The zero-order chi connectivity index (χ0) is 13.8. The third-order valence-corrected chi connectivity index (χ3v) is 3.60. The van der Waals surface area contributed by atoms with Crippen molar-refractivity contribution >= 4 is 46.2 Å². The second-order valence-corrected chi connectivity index (χ2v) is 4.96. The minimum Gasteiger partial charge on any atom is -0.497 e. The highest BCUT2D eigenvalue weighted by molar-refractivity contribution is 6.39. The Hall–Kier alpha value is -1.09. The zero-order valence-electron chi connectivity index (χ0n) is 10.2. The van der Waals surface area contributed by atoms with Gasteiger partial charge in [-0.05, 0) is 35.9 Å². The molecule has 0 saturated carbocycles. The maximum Gasteiger partial charge on any atom is 0.119 e. The molecular weight excluding hydrogens is 305 g/mol. The van der Waals surface area contributed by atoms with Crippen molar-refractivity contribution < 1.29 is 4.74 Å². The number of para-hydroxylation sites is 1. The number of rotatable bonds is 4. The molecule has 100 valence electrons. The molecule has 0 amide bonds. The van der Waals surface area contributed by atoms with E-state index < -0.39 is 0 Å². The molecule has 0 heterocycles. The minimum atomic E-state index is 0.363. The quantitative estimate of drug-likeness (QED) is 0.754. The molecule has 2 aromatic rings. The van der Waals surface area contributed by atoms with E-state index >= 15 is 0 Å². The summed E-state index contributed by atoms with van der Waals surface area (Å²) < 4.78 is 5.17. The second kappa shape index (κ2) is 6.38. The van der Waals surface area contributed by atoms with Gasteiger partial charge in [0.05, 0.1) is 22.8 Å². The molecule has 0 aliphatic carbocycles. The van der Waals surface area contributed by atoms with Crippen molar-refractivity contribution in [3.8, 4) is 5.75 Å². The summed E-state index contributed by atoms with van der Waals surface area (Å²) in [6.07, 6.45) is 0. The van der Waals surface area contributed by atoms with Gasteiger partial charge in [0.15, 0.2) is 0 Å². The lowest BCUT2D eigenvalue weighted by Crippen LogP contribution is -1.97. The molecule has 0 atom stereocenters. The Bertz CT molecular complexity index is 567. The van der Waals surface area contributed by atoms with Crippen LogP contribution in [0, 0.1) is 0 Å². The summed E-state index contributed by atoms with van der Waals surface area (Å²) in [4.78, 5) is 0. The molecule has 0 radical (unpaired) electrons. The number of hydrogen-bond donors (Lipinski definition) is 1. The van der Waals surface area contributed by atoms with Crippen LogP contribution >= 0.6 is 34.8 Å². The van der Waals surface area contributed by atoms with Crippen LogP contribution in [0.2, 0.25) is 10.0 Å². The molecule has 1 N–H and O–H groups in total. The van der Waals surface area contributed by atoms with E-state index in [0.29, 0.717) is 21.6 Å². The first kappa shape index (κ1) is 14.3. The Labute approximate surface area is 127 Å². The highest BCUT2D eigenvalue weighted by Crippen LogP contribution is 2.34. The second-order valence-electron chi connectivity index (χ2n) is 3.88. The maximum absolute atomic E-state index is 6.13. The molecule has 0 fully saturated rings. The number of methoxy groups -OCH3 is 1. The summed E-state index contributed by atoms with van der Waals surface area (Å²) in [6, 6.07) is 11.0. The number of benzene rings is 2. The van der Waals surface area contributed by atoms with E-state index in [9.17, 15) is 0 Å². The van der Waals surface area contributed by atoms with Crippen LogP contribution in [0.4, 0.5) is 11.4 Å². The van der Waals surface area contributed by atoms with Crippen molar-refractivity contribution in [3.05, 3.63) is 52.0 Å². The molecule has 5 heteroatoms. The average Bonchev–Trinajstić information content (AvgIpc) is 2.43. The monoisotopic (exact) mass is 315 g/mol. The van der Waals surface area contributed by atoms with Gasteiger partial charge < -0.3 is 10.1 Å². The first-order chi connectivity index (χ1) is 9.15. The Morgan fingerprint density at radius 2 is 1.79 bits per heavy atom. The van der Waals surface area contributed by atoms with Gasteiger partial charge in [-0.3, -0.25) is 0 Å². The van der Waals surface area contributed by atoms with Crippen molar-refractivity contribution in [1.29, 1.82) is 0 Å². The number of nitrogens with one attached hydrogen (secondary N) is 1. The average molecular weight is 317 g/mol. The molecule has 2 nitrogen and oxygen atoms in total. The number of hydrogen-bond acceptors (Lipinski definition) is 2. The highest BCUT2D eigenvalue weighted by atomic mass is 35.5.